The molecule has 6 heterocycles. The van der Waals surface area contributed by atoms with Crippen LogP contribution in [0.5, 0.6) is 5.75 Å². The van der Waals surface area contributed by atoms with Gasteiger partial charge in [0.15, 0.2) is 0 Å². The number of nitrogens with zero attached hydrogens (tertiary/aromatic N) is 8. The van der Waals surface area contributed by atoms with E-state index in [1.165, 1.54) is 15.9 Å². The second-order valence-electron chi connectivity index (χ2n) is 17.9. The molecule has 66 heavy (non-hydrogen) atoms. The monoisotopic (exact) mass is 979 g/mol. The van der Waals surface area contributed by atoms with E-state index in [0.29, 0.717) is 57.5 Å². The Labute approximate surface area is 392 Å². The van der Waals surface area contributed by atoms with Gasteiger partial charge in [0.2, 0.25) is 17.8 Å². The average Bonchev–Trinajstić information content (AvgIpc) is 3.65. The molecule has 0 bridgehead atoms. The molecule has 0 spiro atoms. The molecule has 0 saturated carbocycles. The van der Waals surface area contributed by atoms with Crippen LogP contribution in [0, 0.1) is 12.9 Å². The van der Waals surface area contributed by atoms with Crippen LogP contribution in [0.2, 0.25) is 0 Å². The van der Waals surface area contributed by atoms with Crippen LogP contribution in [0.25, 0.3) is 21.8 Å². The molecule has 3 saturated heterocycles. The third-order valence-electron chi connectivity index (χ3n) is 13.3. The first-order valence-electron chi connectivity index (χ1n) is 22.7. The third kappa shape index (κ3) is 9.40. The van der Waals surface area contributed by atoms with Gasteiger partial charge in [-0.25, -0.2) is 9.67 Å². The number of amides is 2. The Hall–Kier alpha value is -5.48. The first kappa shape index (κ1) is 45.7. The summed E-state index contributed by atoms with van der Waals surface area (Å²) in [7, 11) is -1.05. The maximum Gasteiger partial charge on any atom is 0.251 e. The Bertz CT molecular complexity index is 2870. The maximum absolute atomic E-state index is 15.3. The van der Waals surface area contributed by atoms with Crippen molar-refractivity contribution in [1.29, 1.82) is 0 Å². The number of imide groups is 1. The predicted octanol–water partition coefficient (Wildman–Crippen LogP) is 7.70. The number of piperazine rings is 1. The standard InChI is InChI=1S/C48H56BrFN11O4P/c1-6-30-26-37(54-48-51-28-34(49)46(56-48)53-36-13-12-35-33(11-10-29(2)52-35)44(36)66(4,5)64)41(65-3)27-40(30)60-20-17-32(18-21-60)59-24-22-58(23-25-59)19-16-31-8-7-9-38-43(31)45(50)57-61(38)39-14-15-42(62)55-47(39)63/h7-13,26-28,32,39H,6,14-25H2,1-5H3,(H,55,62,63)(H2,51,53,54,56). The summed E-state index contributed by atoms with van der Waals surface area (Å²) < 4.78 is 37.1. The molecule has 3 aliphatic heterocycles. The van der Waals surface area contributed by atoms with E-state index < -0.39 is 25.0 Å². The first-order valence-corrected chi connectivity index (χ1v) is 26.1. The van der Waals surface area contributed by atoms with Gasteiger partial charge in [-0.2, -0.15) is 9.37 Å². The van der Waals surface area contributed by atoms with Crippen molar-refractivity contribution in [3.05, 3.63) is 88.0 Å². The van der Waals surface area contributed by atoms with Crippen LogP contribution in [0.4, 0.5) is 33.2 Å². The fourth-order valence-corrected chi connectivity index (χ4v) is 11.6. The van der Waals surface area contributed by atoms with Crippen LogP contribution >= 0.6 is 23.1 Å². The summed E-state index contributed by atoms with van der Waals surface area (Å²) >= 11 is 3.62. The van der Waals surface area contributed by atoms with E-state index in [9.17, 15) is 14.2 Å². The number of hydrogen-bond donors (Lipinski definition) is 3. The van der Waals surface area contributed by atoms with Crippen molar-refractivity contribution in [1.82, 2.24) is 39.8 Å². The lowest BCUT2D eigenvalue weighted by Gasteiger charge is -2.43. The van der Waals surface area contributed by atoms with Crippen LogP contribution in [0.15, 0.2) is 65.3 Å². The van der Waals surface area contributed by atoms with Crippen LogP contribution in [0.3, 0.4) is 0 Å². The SMILES string of the molecule is CCc1cc(Nc2ncc(Br)c(Nc3ccc4nc(C)ccc4c3P(C)(C)=O)n2)c(OC)cc1N1CCC(N2CCN(CCc3cccc4c3c(F)nn4C3CCC(=O)NC3=O)CC2)CC1. The number of rotatable bonds is 13. The van der Waals surface area contributed by atoms with Crippen molar-refractivity contribution >= 4 is 90.8 Å². The van der Waals surface area contributed by atoms with Crippen LogP contribution in [0.1, 0.15) is 55.5 Å². The zero-order valence-corrected chi connectivity index (χ0v) is 40.5. The molecule has 346 valence electrons. The second kappa shape index (κ2) is 19.0. The number of pyridine rings is 1. The first-order chi connectivity index (χ1) is 31.8. The molecule has 0 aliphatic carbocycles. The topological polar surface area (TPSA) is 163 Å². The fourth-order valence-electron chi connectivity index (χ4n) is 9.87. The number of carbonyl (C=O) groups is 2. The molecular weight excluding hydrogens is 924 g/mol. The molecular formula is C48H56BrFN11O4P. The number of benzene rings is 3. The summed E-state index contributed by atoms with van der Waals surface area (Å²) in [5.74, 6) is 0.281. The van der Waals surface area contributed by atoms with E-state index in [1.807, 2.05) is 43.3 Å². The van der Waals surface area contributed by atoms with Gasteiger partial charge in [0.25, 0.3) is 5.91 Å². The van der Waals surface area contributed by atoms with E-state index in [1.54, 1.807) is 32.7 Å². The quantitative estimate of drug-likeness (QED) is 0.0764. The van der Waals surface area contributed by atoms with Crippen LogP contribution < -0.4 is 30.9 Å². The molecule has 0 radical (unpaired) electrons. The Morgan fingerprint density at radius 1 is 0.939 bits per heavy atom. The van der Waals surface area contributed by atoms with Gasteiger partial charge in [-0.15, -0.1) is 5.10 Å². The van der Waals surface area contributed by atoms with Gasteiger partial charge in [-0.1, -0.05) is 25.1 Å². The van der Waals surface area contributed by atoms with E-state index >= 15 is 4.39 Å². The van der Waals surface area contributed by atoms with Crippen molar-refractivity contribution < 1.29 is 23.3 Å². The number of piperidine rings is 2. The number of hydrogen-bond acceptors (Lipinski definition) is 13. The van der Waals surface area contributed by atoms with E-state index in [-0.39, 0.29) is 12.3 Å². The summed E-state index contributed by atoms with van der Waals surface area (Å²) in [5, 5.41) is 15.4. The van der Waals surface area contributed by atoms with E-state index in [4.69, 9.17) is 9.72 Å². The summed E-state index contributed by atoms with van der Waals surface area (Å²) in [6.07, 6.45) is 5.84. The van der Waals surface area contributed by atoms with Gasteiger partial charge in [-0.05, 0) is 110 Å². The summed E-state index contributed by atoms with van der Waals surface area (Å²) in [4.78, 5) is 45.9. The molecule has 1 atom stereocenters. The highest BCUT2D eigenvalue weighted by Crippen LogP contribution is 2.42. The van der Waals surface area contributed by atoms with E-state index in [2.05, 4.69) is 80.7 Å². The van der Waals surface area contributed by atoms with Gasteiger partial charge in [-0.3, -0.25) is 24.8 Å². The van der Waals surface area contributed by atoms with Crippen LogP contribution in [-0.4, -0.2) is 119 Å². The minimum atomic E-state index is -2.73. The molecule has 15 nitrogen and oxygen atoms in total. The Morgan fingerprint density at radius 2 is 1.73 bits per heavy atom. The van der Waals surface area contributed by atoms with Gasteiger partial charge in [0.05, 0.1) is 39.4 Å². The van der Waals surface area contributed by atoms with Gasteiger partial charge >= 0.3 is 0 Å². The number of anilines is 5. The molecule has 3 aromatic carbocycles. The number of halogens is 2. The number of methoxy groups -OCH3 is 1. The molecule has 3 fully saturated rings. The minimum absolute atomic E-state index is 0.205. The summed E-state index contributed by atoms with van der Waals surface area (Å²) in [5.41, 5.74) is 7.00. The smallest absolute Gasteiger partial charge is 0.251 e. The van der Waals surface area contributed by atoms with Crippen LogP contribution in [-0.2, 0) is 27.0 Å². The zero-order chi connectivity index (χ0) is 46.3. The molecule has 3 aromatic heterocycles. The predicted molar refractivity (Wildman–Crippen MR) is 262 cm³/mol. The highest BCUT2D eigenvalue weighted by molar-refractivity contribution is 9.10. The highest BCUT2D eigenvalue weighted by Gasteiger charge is 2.32. The van der Waals surface area contributed by atoms with Gasteiger partial charge < -0.3 is 29.7 Å². The number of nitrogens with one attached hydrogen (secondary N) is 3. The van der Waals surface area contributed by atoms with Crippen molar-refractivity contribution in [3.8, 4) is 5.75 Å². The van der Waals surface area contributed by atoms with Gasteiger partial charge in [0, 0.05) is 92.6 Å². The number of aryl methyl sites for hydroxylation is 2. The van der Waals surface area contributed by atoms with Gasteiger partial charge in [0.1, 0.15) is 24.8 Å². The Balaban J connectivity index is 0.815. The molecule has 3 aliphatic rings. The number of aromatic nitrogens is 5. The Morgan fingerprint density at radius 3 is 2.45 bits per heavy atom. The molecule has 9 rings (SSSR count). The minimum Gasteiger partial charge on any atom is -0.494 e. The molecule has 6 aromatic rings. The number of fused-ring (bicyclic) bond motifs is 2. The molecule has 3 N–H and O–H groups in total. The second-order valence-corrected chi connectivity index (χ2v) is 21.9. The fraction of sp³-hybridized carbons (Fsp3) is 0.417. The number of ether oxygens (including phenoxy) is 1. The van der Waals surface area contributed by atoms with Crippen molar-refractivity contribution in [2.75, 3.05) is 81.8 Å². The van der Waals surface area contributed by atoms with Crippen molar-refractivity contribution in [2.45, 2.75) is 64.5 Å². The zero-order valence-electron chi connectivity index (χ0n) is 38.0. The van der Waals surface area contributed by atoms with Crippen molar-refractivity contribution in [2.24, 2.45) is 0 Å². The third-order valence-corrected chi connectivity index (χ3v) is 15.4. The summed E-state index contributed by atoms with van der Waals surface area (Å²) in [6, 6.07) is 17.5. The lowest BCUT2D eigenvalue weighted by Crippen LogP contribution is -2.53. The molecule has 1 unspecified atom stereocenters. The maximum atomic E-state index is 15.3. The molecule has 2 amide bonds. The number of carbonyl (C=O) groups excluding carboxylic acids is 2. The van der Waals surface area contributed by atoms with Crippen molar-refractivity contribution in [3.63, 3.8) is 0 Å². The largest absolute Gasteiger partial charge is 0.494 e. The lowest BCUT2D eigenvalue weighted by molar-refractivity contribution is -0.135. The molecule has 18 heteroatoms. The highest BCUT2D eigenvalue weighted by atomic mass is 79.9. The van der Waals surface area contributed by atoms with E-state index in [0.717, 1.165) is 98.2 Å². The summed E-state index contributed by atoms with van der Waals surface area (Å²) in [6.45, 7) is 14.2. The Kier molecular flexibility index (Phi) is 13.2. The normalized spacial score (nSPS) is 18.0. The lowest BCUT2D eigenvalue weighted by atomic mass is 9.99. The average molecular weight is 981 g/mol.